The molecule has 0 saturated heterocycles. The second-order valence-corrected chi connectivity index (χ2v) is 7.97. The molecule has 0 aromatic heterocycles. The average Bonchev–Trinajstić information content (AvgIpc) is 2.86. The summed E-state index contributed by atoms with van der Waals surface area (Å²) in [6.07, 6.45) is 0. The molecule has 4 aromatic rings. The fourth-order valence-electron chi connectivity index (χ4n) is 3.93. The van der Waals surface area contributed by atoms with Crippen LogP contribution in [0, 0.1) is 0 Å². The molecular formula is C26H16Cl2N2O2. The number of benzene rings is 4. The molecule has 4 aromatic carbocycles. The first-order valence-corrected chi connectivity index (χ1v) is 10.6. The summed E-state index contributed by atoms with van der Waals surface area (Å²) in [6.45, 7) is 0. The van der Waals surface area contributed by atoms with E-state index in [4.69, 9.17) is 23.6 Å². The number of fused-ring (bicyclic) bond motifs is 2. The van der Waals surface area contributed by atoms with E-state index >= 15 is 0 Å². The first-order valence-electron chi connectivity index (χ1n) is 9.95. The lowest BCUT2D eigenvalue weighted by molar-refractivity contribution is 0.0980. The van der Waals surface area contributed by atoms with Crippen molar-refractivity contribution in [3.63, 3.8) is 0 Å². The van der Waals surface area contributed by atoms with Crippen molar-refractivity contribution in [2.24, 2.45) is 0 Å². The van der Waals surface area contributed by atoms with E-state index < -0.39 is 0 Å². The molecule has 0 fully saturated rings. The van der Waals surface area contributed by atoms with Crippen LogP contribution >= 0.6 is 23.6 Å². The van der Waals surface area contributed by atoms with Gasteiger partial charge in [0.2, 0.25) is 0 Å². The Kier molecular flexibility index (Phi) is 5.17. The second-order valence-electron chi connectivity index (χ2n) is 7.29. The van der Waals surface area contributed by atoms with Gasteiger partial charge in [0.05, 0.1) is 33.9 Å². The van der Waals surface area contributed by atoms with Crippen LogP contribution in [0.4, 0.5) is 22.7 Å². The van der Waals surface area contributed by atoms with Crippen molar-refractivity contribution in [2.75, 3.05) is 8.84 Å². The lowest BCUT2D eigenvalue weighted by Crippen LogP contribution is -2.25. The SMILES string of the molecule is O=C1c2cccc(N(Cl)c3ccccc3)c2C(=O)c2cccc(N(Cl)c3ccccc3)c21. The van der Waals surface area contributed by atoms with E-state index in [-0.39, 0.29) is 22.7 Å². The summed E-state index contributed by atoms with van der Waals surface area (Å²) in [5.41, 5.74) is 3.45. The molecule has 0 saturated carbocycles. The van der Waals surface area contributed by atoms with E-state index in [0.717, 1.165) is 0 Å². The summed E-state index contributed by atoms with van der Waals surface area (Å²) in [4.78, 5) is 27.2. The molecule has 0 bridgehead atoms. The Morgan fingerprint density at radius 3 is 1.22 bits per heavy atom. The maximum Gasteiger partial charge on any atom is 0.196 e. The predicted octanol–water partition coefficient (Wildman–Crippen LogP) is 7.05. The Labute approximate surface area is 195 Å². The van der Waals surface area contributed by atoms with Crippen LogP contribution in [0.1, 0.15) is 31.8 Å². The first kappa shape index (κ1) is 20.3. The number of hydrogen-bond donors (Lipinski definition) is 0. The van der Waals surface area contributed by atoms with E-state index in [1.54, 1.807) is 36.4 Å². The van der Waals surface area contributed by atoms with E-state index in [1.807, 2.05) is 60.7 Å². The maximum absolute atomic E-state index is 13.6. The van der Waals surface area contributed by atoms with E-state index in [1.165, 1.54) is 8.84 Å². The van der Waals surface area contributed by atoms with Crippen molar-refractivity contribution in [1.29, 1.82) is 0 Å². The van der Waals surface area contributed by atoms with E-state index in [9.17, 15) is 9.59 Å². The largest absolute Gasteiger partial charge is 0.288 e. The highest BCUT2D eigenvalue weighted by molar-refractivity contribution is 6.37. The molecule has 0 atom stereocenters. The normalized spacial score (nSPS) is 12.2. The van der Waals surface area contributed by atoms with Gasteiger partial charge in [-0.3, -0.25) is 18.4 Å². The van der Waals surface area contributed by atoms with E-state index in [2.05, 4.69) is 0 Å². The highest BCUT2D eigenvalue weighted by Crippen LogP contribution is 2.41. The highest BCUT2D eigenvalue weighted by atomic mass is 35.5. The van der Waals surface area contributed by atoms with Gasteiger partial charge in [-0.15, -0.1) is 0 Å². The molecule has 1 aliphatic rings. The molecule has 0 aliphatic heterocycles. The van der Waals surface area contributed by atoms with Crippen molar-refractivity contribution in [2.45, 2.75) is 0 Å². The molecule has 156 valence electrons. The van der Waals surface area contributed by atoms with Crippen LogP contribution in [0.5, 0.6) is 0 Å². The molecule has 0 radical (unpaired) electrons. The maximum atomic E-state index is 13.6. The number of ketones is 2. The fourth-order valence-corrected chi connectivity index (χ4v) is 4.44. The van der Waals surface area contributed by atoms with Crippen LogP contribution < -0.4 is 8.84 Å². The molecule has 4 nitrogen and oxygen atoms in total. The predicted molar refractivity (Wildman–Crippen MR) is 129 cm³/mol. The summed E-state index contributed by atoms with van der Waals surface area (Å²) in [5.74, 6) is -0.543. The van der Waals surface area contributed by atoms with Crippen LogP contribution in [0.2, 0.25) is 0 Å². The van der Waals surface area contributed by atoms with Crippen molar-refractivity contribution in [3.05, 3.63) is 119 Å². The zero-order valence-electron chi connectivity index (χ0n) is 16.7. The fraction of sp³-hybridized carbons (Fsp3) is 0. The smallest absolute Gasteiger partial charge is 0.196 e. The summed E-state index contributed by atoms with van der Waals surface area (Å²) >= 11 is 13.2. The Balaban J connectivity index is 1.65. The van der Waals surface area contributed by atoms with E-state index in [0.29, 0.717) is 33.9 Å². The van der Waals surface area contributed by atoms with Crippen LogP contribution in [0.15, 0.2) is 97.1 Å². The molecule has 6 heteroatoms. The minimum Gasteiger partial charge on any atom is -0.288 e. The monoisotopic (exact) mass is 458 g/mol. The van der Waals surface area contributed by atoms with Gasteiger partial charge < -0.3 is 0 Å². The number of carbonyl (C=O) groups is 2. The molecule has 0 heterocycles. The average molecular weight is 459 g/mol. The van der Waals surface area contributed by atoms with Gasteiger partial charge in [-0.05, 0) is 36.4 Å². The Bertz CT molecular complexity index is 1240. The first-order chi connectivity index (χ1) is 15.6. The molecule has 0 N–H and O–H groups in total. The molecular weight excluding hydrogens is 443 g/mol. The minimum absolute atomic E-state index is 0.272. The number of para-hydroxylation sites is 2. The van der Waals surface area contributed by atoms with Crippen molar-refractivity contribution < 1.29 is 9.59 Å². The molecule has 32 heavy (non-hydrogen) atoms. The Hall–Kier alpha value is -3.60. The van der Waals surface area contributed by atoms with Crippen LogP contribution in [-0.4, -0.2) is 11.6 Å². The Morgan fingerprint density at radius 2 is 0.844 bits per heavy atom. The molecule has 0 unspecified atom stereocenters. The molecule has 1 aliphatic carbocycles. The topological polar surface area (TPSA) is 40.6 Å². The summed E-state index contributed by atoms with van der Waals surface area (Å²) in [5, 5.41) is 0. The lowest BCUT2D eigenvalue weighted by atomic mass is 9.82. The summed E-state index contributed by atoms with van der Waals surface area (Å²) < 4.78 is 2.80. The van der Waals surface area contributed by atoms with Gasteiger partial charge in [0.15, 0.2) is 11.6 Å². The van der Waals surface area contributed by atoms with Gasteiger partial charge in [-0.25, -0.2) is 0 Å². The van der Waals surface area contributed by atoms with Crippen molar-refractivity contribution in [1.82, 2.24) is 0 Å². The van der Waals surface area contributed by atoms with Gasteiger partial charge in [0.1, 0.15) is 0 Å². The number of nitrogens with zero attached hydrogens (tertiary/aromatic N) is 2. The number of anilines is 4. The zero-order valence-corrected chi connectivity index (χ0v) is 18.2. The third-order valence-corrected chi connectivity index (χ3v) is 6.17. The number of hydrogen-bond acceptors (Lipinski definition) is 4. The summed E-state index contributed by atoms with van der Waals surface area (Å²) in [7, 11) is 0. The number of halogens is 2. The van der Waals surface area contributed by atoms with Gasteiger partial charge in [0, 0.05) is 34.7 Å². The third-order valence-electron chi connectivity index (χ3n) is 5.42. The molecule has 0 amide bonds. The van der Waals surface area contributed by atoms with Crippen LogP contribution in [-0.2, 0) is 0 Å². The number of rotatable bonds is 4. The molecule has 0 spiro atoms. The van der Waals surface area contributed by atoms with Gasteiger partial charge in [-0.2, -0.15) is 0 Å². The summed E-state index contributed by atoms with van der Waals surface area (Å²) in [6, 6.07) is 28.7. The second kappa shape index (κ2) is 8.15. The lowest BCUT2D eigenvalue weighted by Gasteiger charge is -2.27. The standard InChI is InChI=1S/C26H16Cl2N2O2/c27-29(17-9-3-1-4-10-17)21-15-7-13-19-23(21)25(31)20-14-8-16-22(24(20)26(19)32)30(28)18-11-5-2-6-12-18/h1-16H. The number of carbonyl (C=O) groups excluding carboxylic acids is 2. The van der Waals surface area contributed by atoms with Gasteiger partial charge in [-0.1, -0.05) is 60.7 Å². The highest BCUT2D eigenvalue weighted by Gasteiger charge is 2.35. The molecule has 5 rings (SSSR count). The zero-order chi connectivity index (χ0) is 22.2. The minimum atomic E-state index is -0.272. The third kappa shape index (κ3) is 3.25. The quantitative estimate of drug-likeness (QED) is 0.270. The van der Waals surface area contributed by atoms with Crippen molar-refractivity contribution >= 4 is 57.9 Å². The van der Waals surface area contributed by atoms with Crippen LogP contribution in [0.3, 0.4) is 0 Å². The van der Waals surface area contributed by atoms with Crippen molar-refractivity contribution in [3.8, 4) is 0 Å². The Morgan fingerprint density at radius 1 is 0.469 bits per heavy atom. The van der Waals surface area contributed by atoms with Gasteiger partial charge in [0.25, 0.3) is 0 Å². The van der Waals surface area contributed by atoms with Gasteiger partial charge >= 0.3 is 0 Å². The van der Waals surface area contributed by atoms with Crippen LogP contribution in [0.25, 0.3) is 0 Å².